The number of nitrogens with zero attached hydrogens (tertiary/aromatic N) is 1. The van der Waals surface area contributed by atoms with Crippen molar-refractivity contribution in [2.45, 2.75) is 17.1 Å². The molecule has 0 fully saturated rings. The number of thioether (sulfide) groups is 1. The number of carbonyl (C=O) groups excluding carboxylic acids is 1. The van der Waals surface area contributed by atoms with Crippen LogP contribution in [0.1, 0.15) is 18.1 Å². The molecule has 0 radical (unpaired) electrons. The molecule has 0 spiro atoms. The van der Waals surface area contributed by atoms with Crippen LogP contribution in [-0.2, 0) is 4.79 Å². The molecule has 3 aromatic carbocycles. The fraction of sp³-hybridized carbons (Fsp3) is 0.0909. The maximum absolute atomic E-state index is 12.5. The van der Waals surface area contributed by atoms with Crippen LogP contribution in [0.25, 0.3) is 0 Å². The molecule has 3 rings (SSSR count). The number of hydrogen-bond donors (Lipinski definition) is 1. The normalized spacial score (nSPS) is 11.5. The third kappa shape index (κ3) is 5.46. The SMILES string of the molecule is C[C@H](Sc1ccc(Cl)cc1)C(=O)NN=C(c1ccccc1)c1ccccc1. The van der Waals surface area contributed by atoms with Crippen molar-refractivity contribution in [1.29, 1.82) is 0 Å². The molecule has 0 unspecified atom stereocenters. The van der Waals surface area contributed by atoms with Crippen LogP contribution in [-0.4, -0.2) is 16.9 Å². The molecule has 1 amide bonds. The highest BCUT2D eigenvalue weighted by Gasteiger charge is 2.15. The predicted molar refractivity (Wildman–Crippen MR) is 113 cm³/mol. The van der Waals surface area contributed by atoms with Gasteiger partial charge in [-0.25, -0.2) is 5.43 Å². The zero-order valence-electron chi connectivity index (χ0n) is 14.8. The minimum Gasteiger partial charge on any atom is -0.272 e. The van der Waals surface area contributed by atoms with Gasteiger partial charge in [0.2, 0.25) is 0 Å². The van der Waals surface area contributed by atoms with Crippen molar-refractivity contribution >= 4 is 35.0 Å². The number of halogens is 1. The first-order chi connectivity index (χ1) is 13.1. The lowest BCUT2D eigenvalue weighted by atomic mass is 10.0. The van der Waals surface area contributed by atoms with Gasteiger partial charge in [0.1, 0.15) is 0 Å². The van der Waals surface area contributed by atoms with Crippen LogP contribution < -0.4 is 5.43 Å². The highest BCUT2D eigenvalue weighted by molar-refractivity contribution is 8.00. The zero-order chi connectivity index (χ0) is 19.1. The van der Waals surface area contributed by atoms with E-state index in [0.29, 0.717) is 5.02 Å². The van der Waals surface area contributed by atoms with Crippen LogP contribution in [0.5, 0.6) is 0 Å². The van der Waals surface area contributed by atoms with E-state index in [0.717, 1.165) is 21.7 Å². The Bertz CT molecular complexity index is 871. The third-order valence-electron chi connectivity index (χ3n) is 3.87. The summed E-state index contributed by atoms with van der Waals surface area (Å²) in [5.41, 5.74) is 5.34. The first-order valence-corrected chi connectivity index (χ1v) is 9.80. The number of benzene rings is 3. The molecule has 136 valence electrons. The first kappa shape index (κ1) is 19.2. The summed E-state index contributed by atoms with van der Waals surface area (Å²) in [6.45, 7) is 1.86. The Balaban J connectivity index is 1.75. The van der Waals surface area contributed by atoms with E-state index in [1.54, 1.807) is 0 Å². The Labute approximate surface area is 168 Å². The molecule has 27 heavy (non-hydrogen) atoms. The maximum Gasteiger partial charge on any atom is 0.253 e. The highest BCUT2D eigenvalue weighted by atomic mass is 35.5. The average Bonchev–Trinajstić information content (AvgIpc) is 2.71. The van der Waals surface area contributed by atoms with Crippen molar-refractivity contribution < 1.29 is 4.79 Å². The lowest BCUT2D eigenvalue weighted by Crippen LogP contribution is -2.28. The van der Waals surface area contributed by atoms with E-state index >= 15 is 0 Å². The van der Waals surface area contributed by atoms with Gasteiger partial charge in [0.15, 0.2) is 0 Å². The highest BCUT2D eigenvalue weighted by Crippen LogP contribution is 2.24. The molecular weight excluding hydrogens is 376 g/mol. The Morgan fingerprint density at radius 2 is 1.41 bits per heavy atom. The largest absolute Gasteiger partial charge is 0.272 e. The maximum atomic E-state index is 12.5. The van der Waals surface area contributed by atoms with Crippen molar-refractivity contribution in [3.8, 4) is 0 Å². The fourth-order valence-electron chi connectivity index (χ4n) is 2.46. The second-order valence-electron chi connectivity index (χ2n) is 5.88. The standard InChI is InChI=1S/C22H19ClN2OS/c1-16(27-20-14-12-19(23)13-15-20)22(26)25-24-21(17-8-4-2-5-9-17)18-10-6-3-7-11-18/h2-16H,1H3,(H,25,26)/t16-/m0/s1. The van der Waals surface area contributed by atoms with E-state index in [1.807, 2.05) is 91.9 Å². The number of hydrogen-bond acceptors (Lipinski definition) is 3. The minimum absolute atomic E-state index is 0.153. The van der Waals surface area contributed by atoms with Crippen LogP contribution in [0.4, 0.5) is 0 Å². The molecule has 1 N–H and O–H groups in total. The van der Waals surface area contributed by atoms with E-state index in [1.165, 1.54) is 11.8 Å². The summed E-state index contributed by atoms with van der Waals surface area (Å²) >= 11 is 7.37. The van der Waals surface area contributed by atoms with Crippen LogP contribution in [0, 0.1) is 0 Å². The summed E-state index contributed by atoms with van der Waals surface area (Å²) in [5.74, 6) is -0.153. The van der Waals surface area contributed by atoms with Gasteiger partial charge in [-0.15, -0.1) is 11.8 Å². The molecule has 0 aliphatic heterocycles. The molecule has 0 saturated heterocycles. The molecule has 3 aromatic rings. The van der Waals surface area contributed by atoms with Gasteiger partial charge in [-0.05, 0) is 31.2 Å². The number of amides is 1. The molecule has 0 aromatic heterocycles. The fourth-order valence-corrected chi connectivity index (χ4v) is 3.45. The zero-order valence-corrected chi connectivity index (χ0v) is 16.4. The Hall–Kier alpha value is -2.56. The Morgan fingerprint density at radius 3 is 1.93 bits per heavy atom. The van der Waals surface area contributed by atoms with Crippen LogP contribution in [0.3, 0.4) is 0 Å². The van der Waals surface area contributed by atoms with Crippen LogP contribution in [0.2, 0.25) is 5.02 Å². The van der Waals surface area contributed by atoms with Gasteiger partial charge in [0.05, 0.1) is 11.0 Å². The summed E-state index contributed by atoms with van der Waals surface area (Å²) in [6, 6.07) is 27.1. The second-order valence-corrected chi connectivity index (χ2v) is 7.73. The molecule has 0 aliphatic carbocycles. The number of rotatable bonds is 6. The quantitative estimate of drug-likeness (QED) is 0.346. The summed E-state index contributed by atoms with van der Waals surface area (Å²) in [5, 5.41) is 4.81. The molecule has 3 nitrogen and oxygen atoms in total. The smallest absolute Gasteiger partial charge is 0.253 e. The molecule has 0 saturated carbocycles. The average molecular weight is 395 g/mol. The van der Waals surface area contributed by atoms with E-state index in [9.17, 15) is 4.79 Å². The van der Waals surface area contributed by atoms with Gasteiger partial charge < -0.3 is 0 Å². The summed E-state index contributed by atoms with van der Waals surface area (Å²) in [4.78, 5) is 13.5. The number of nitrogens with one attached hydrogen (secondary N) is 1. The predicted octanol–water partition coefficient (Wildman–Crippen LogP) is 5.39. The molecule has 5 heteroatoms. The summed E-state index contributed by atoms with van der Waals surface area (Å²) in [6.07, 6.45) is 0. The van der Waals surface area contributed by atoms with Crippen molar-refractivity contribution in [2.75, 3.05) is 0 Å². The van der Waals surface area contributed by atoms with Crippen LogP contribution in [0.15, 0.2) is 94.9 Å². The lowest BCUT2D eigenvalue weighted by molar-refractivity contribution is -0.120. The van der Waals surface area contributed by atoms with Gasteiger partial charge in [-0.2, -0.15) is 5.10 Å². The van der Waals surface area contributed by atoms with E-state index < -0.39 is 0 Å². The number of hydrazone groups is 1. The Kier molecular flexibility index (Phi) is 6.69. The van der Waals surface area contributed by atoms with Crippen molar-refractivity contribution in [1.82, 2.24) is 5.43 Å². The summed E-state index contributed by atoms with van der Waals surface area (Å²) < 4.78 is 0. The minimum atomic E-state index is -0.289. The second kappa shape index (κ2) is 9.40. The first-order valence-electron chi connectivity index (χ1n) is 8.54. The molecule has 0 heterocycles. The summed E-state index contributed by atoms with van der Waals surface area (Å²) in [7, 11) is 0. The van der Waals surface area contributed by atoms with Gasteiger partial charge in [-0.1, -0.05) is 72.3 Å². The third-order valence-corrected chi connectivity index (χ3v) is 5.23. The van der Waals surface area contributed by atoms with Gasteiger partial charge in [-0.3, -0.25) is 4.79 Å². The van der Waals surface area contributed by atoms with E-state index in [-0.39, 0.29) is 11.2 Å². The molecule has 0 aliphatic rings. The molecule has 1 atom stereocenters. The molecule has 0 bridgehead atoms. The van der Waals surface area contributed by atoms with Crippen molar-refractivity contribution in [3.05, 3.63) is 101 Å². The van der Waals surface area contributed by atoms with Gasteiger partial charge >= 0.3 is 0 Å². The molecular formula is C22H19ClN2OS. The van der Waals surface area contributed by atoms with Gasteiger partial charge in [0.25, 0.3) is 5.91 Å². The van der Waals surface area contributed by atoms with E-state index in [4.69, 9.17) is 11.6 Å². The monoisotopic (exact) mass is 394 g/mol. The van der Waals surface area contributed by atoms with Crippen molar-refractivity contribution in [3.63, 3.8) is 0 Å². The van der Waals surface area contributed by atoms with Crippen molar-refractivity contribution in [2.24, 2.45) is 5.10 Å². The van der Waals surface area contributed by atoms with E-state index in [2.05, 4.69) is 10.5 Å². The number of carbonyl (C=O) groups is 1. The Morgan fingerprint density at radius 1 is 0.889 bits per heavy atom. The lowest BCUT2D eigenvalue weighted by Gasteiger charge is -2.11. The van der Waals surface area contributed by atoms with Gasteiger partial charge in [0, 0.05) is 21.0 Å². The van der Waals surface area contributed by atoms with Crippen LogP contribution >= 0.6 is 23.4 Å². The topological polar surface area (TPSA) is 41.5 Å².